The second-order valence-corrected chi connectivity index (χ2v) is 8.33. The van der Waals surface area contributed by atoms with Crippen LogP contribution in [-0.2, 0) is 16.6 Å². The number of carbonyl (C=O) groups excluding carboxylic acids is 1. The Hall–Kier alpha value is -3.13. The van der Waals surface area contributed by atoms with Crippen molar-refractivity contribution in [2.45, 2.75) is 57.8 Å². The van der Waals surface area contributed by atoms with Gasteiger partial charge in [-0.2, -0.15) is 4.98 Å². The number of pyridine rings is 1. The third kappa shape index (κ3) is 5.56. The number of hydrogen-bond donors (Lipinski definition) is 1. The van der Waals surface area contributed by atoms with E-state index in [4.69, 9.17) is 14.2 Å². The number of hydrogen-bond acceptors (Lipinski definition) is 6. The molecule has 0 radical (unpaired) electrons. The Bertz CT molecular complexity index is 1040. The monoisotopic (exact) mass is 438 g/mol. The molecule has 1 aliphatic carbocycles. The van der Waals surface area contributed by atoms with E-state index in [-0.39, 0.29) is 24.2 Å². The minimum absolute atomic E-state index is 0.0213. The maximum Gasteiger partial charge on any atom is 0.297 e. The molecule has 1 atom stereocenters. The largest absolute Gasteiger partial charge is 0.461 e. The summed E-state index contributed by atoms with van der Waals surface area (Å²) in [6, 6.07) is 12.0. The van der Waals surface area contributed by atoms with Gasteiger partial charge < -0.3 is 19.5 Å². The van der Waals surface area contributed by atoms with Crippen molar-refractivity contribution >= 4 is 16.9 Å². The normalized spacial score (nSPS) is 19.5. The van der Waals surface area contributed by atoms with Gasteiger partial charge in [0.05, 0.1) is 23.7 Å². The molecule has 32 heavy (non-hydrogen) atoms. The van der Waals surface area contributed by atoms with Crippen LogP contribution in [0.15, 0.2) is 42.6 Å². The molecule has 0 bridgehead atoms. The number of aromatic nitrogens is 3. The molecular weight excluding hydrogens is 408 g/mol. The first-order chi connectivity index (χ1) is 15.5. The van der Waals surface area contributed by atoms with Crippen LogP contribution in [0.3, 0.4) is 0 Å². The Morgan fingerprint density at radius 3 is 2.69 bits per heavy atom. The Labute approximate surface area is 187 Å². The van der Waals surface area contributed by atoms with Crippen molar-refractivity contribution in [3.8, 4) is 17.6 Å². The van der Waals surface area contributed by atoms with E-state index in [0.717, 1.165) is 36.7 Å². The Kier molecular flexibility index (Phi) is 6.90. The van der Waals surface area contributed by atoms with Crippen molar-refractivity contribution in [1.29, 1.82) is 0 Å². The van der Waals surface area contributed by atoms with Gasteiger partial charge in [-0.25, -0.2) is 4.98 Å². The average molecular weight is 439 g/mol. The van der Waals surface area contributed by atoms with Crippen molar-refractivity contribution in [1.82, 2.24) is 19.9 Å². The lowest BCUT2D eigenvalue weighted by atomic mass is 9.95. The molecule has 1 amide bonds. The summed E-state index contributed by atoms with van der Waals surface area (Å²) in [5.74, 6) is 1.23. The Morgan fingerprint density at radius 1 is 1.19 bits per heavy atom. The van der Waals surface area contributed by atoms with Crippen molar-refractivity contribution in [2.75, 3.05) is 6.61 Å². The van der Waals surface area contributed by atoms with Crippen LogP contribution >= 0.6 is 0 Å². The third-order valence-electron chi connectivity index (χ3n) is 5.60. The van der Waals surface area contributed by atoms with Crippen molar-refractivity contribution in [3.05, 3.63) is 42.6 Å². The van der Waals surface area contributed by atoms with Gasteiger partial charge in [-0.1, -0.05) is 6.07 Å². The van der Waals surface area contributed by atoms with Crippen LogP contribution in [0.4, 0.5) is 0 Å². The average Bonchev–Trinajstić information content (AvgIpc) is 3.08. The fourth-order valence-corrected chi connectivity index (χ4v) is 3.98. The number of rotatable bonds is 8. The number of fused-ring (bicyclic) bond motifs is 1. The molecule has 8 heteroatoms. The highest BCUT2D eigenvalue weighted by molar-refractivity contribution is 5.78. The van der Waals surface area contributed by atoms with E-state index in [1.807, 2.05) is 54.9 Å². The molecule has 0 unspecified atom stereocenters. The van der Waals surface area contributed by atoms with Crippen LogP contribution in [0.1, 0.15) is 39.5 Å². The summed E-state index contributed by atoms with van der Waals surface area (Å²) in [5, 5.41) is 2.85. The van der Waals surface area contributed by atoms with Gasteiger partial charge in [0.1, 0.15) is 11.9 Å². The molecule has 0 aliphatic heterocycles. The molecule has 0 spiro atoms. The van der Waals surface area contributed by atoms with E-state index in [0.29, 0.717) is 24.2 Å². The number of ether oxygens (including phenoxy) is 3. The zero-order chi connectivity index (χ0) is 22.5. The standard InChI is InChI=1S/C24H30N4O4/c1-16(26-17(2)29)15-30-18-7-9-19(10-8-18)32-24-27-21-12-11-20(14-22(21)28(24)3)31-23-6-4-5-13-25-23/h4-6,11-14,16,18-19H,7-10,15H2,1-3H3,(H,26,29)/t16-,18-,19-/m0/s1. The van der Waals surface area contributed by atoms with Crippen LogP contribution in [0.25, 0.3) is 11.0 Å². The Morgan fingerprint density at radius 2 is 1.97 bits per heavy atom. The van der Waals surface area contributed by atoms with Crippen LogP contribution in [0.2, 0.25) is 0 Å². The van der Waals surface area contributed by atoms with Gasteiger partial charge in [0.15, 0.2) is 0 Å². The highest BCUT2D eigenvalue weighted by atomic mass is 16.5. The minimum Gasteiger partial charge on any atom is -0.461 e. The predicted octanol–water partition coefficient (Wildman–Crippen LogP) is 3.99. The maximum atomic E-state index is 11.1. The van der Waals surface area contributed by atoms with E-state index < -0.39 is 0 Å². The molecule has 0 saturated heterocycles. The molecule has 1 N–H and O–H groups in total. The summed E-state index contributed by atoms with van der Waals surface area (Å²) < 4.78 is 20.0. The smallest absolute Gasteiger partial charge is 0.297 e. The second-order valence-electron chi connectivity index (χ2n) is 8.33. The molecule has 3 aromatic rings. The van der Waals surface area contributed by atoms with Gasteiger partial charge in [-0.05, 0) is 50.8 Å². The van der Waals surface area contributed by atoms with E-state index in [1.54, 1.807) is 6.20 Å². The lowest BCUT2D eigenvalue weighted by Crippen LogP contribution is -2.37. The van der Waals surface area contributed by atoms with Gasteiger partial charge in [0.25, 0.3) is 6.01 Å². The van der Waals surface area contributed by atoms with E-state index in [9.17, 15) is 4.79 Å². The Balaban J connectivity index is 1.33. The van der Waals surface area contributed by atoms with E-state index in [2.05, 4.69) is 15.3 Å². The SMILES string of the molecule is CC(=O)N[C@@H](C)CO[C@H]1CC[C@H](Oc2nc3ccc(Oc4ccccn4)cc3n2C)CC1. The first kappa shape index (κ1) is 22.1. The lowest BCUT2D eigenvalue weighted by molar-refractivity contribution is -0.120. The zero-order valence-electron chi connectivity index (χ0n) is 18.8. The maximum absolute atomic E-state index is 11.1. The van der Waals surface area contributed by atoms with Gasteiger partial charge in [-0.15, -0.1) is 0 Å². The number of carbonyl (C=O) groups is 1. The van der Waals surface area contributed by atoms with Gasteiger partial charge in [0.2, 0.25) is 11.8 Å². The number of nitrogens with zero attached hydrogens (tertiary/aromatic N) is 3. The molecule has 1 fully saturated rings. The number of imidazole rings is 1. The highest BCUT2D eigenvalue weighted by Gasteiger charge is 2.25. The first-order valence-electron chi connectivity index (χ1n) is 11.1. The van der Waals surface area contributed by atoms with Gasteiger partial charge in [-0.3, -0.25) is 9.36 Å². The number of benzene rings is 1. The van der Waals surface area contributed by atoms with Crippen LogP contribution in [0.5, 0.6) is 17.6 Å². The van der Waals surface area contributed by atoms with E-state index >= 15 is 0 Å². The summed E-state index contributed by atoms with van der Waals surface area (Å²) in [5.41, 5.74) is 1.80. The van der Waals surface area contributed by atoms with Crippen molar-refractivity contribution in [3.63, 3.8) is 0 Å². The van der Waals surface area contributed by atoms with Crippen LogP contribution in [-0.4, -0.2) is 45.3 Å². The van der Waals surface area contributed by atoms with Crippen LogP contribution in [0, 0.1) is 0 Å². The summed E-state index contributed by atoms with van der Waals surface area (Å²) >= 11 is 0. The summed E-state index contributed by atoms with van der Waals surface area (Å²) in [6.45, 7) is 4.01. The number of aryl methyl sites for hydroxylation is 1. The summed E-state index contributed by atoms with van der Waals surface area (Å²) in [6.07, 6.45) is 5.72. The fourth-order valence-electron chi connectivity index (χ4n) is 3.98. The third-order valence-corrected chi connectivity index (χ3v) is 5.60. The highest BCUT2D eigenvalue weighted by Crippen LogP contribution is 2.29. The topological polar surface area (TPSA) is 87.5 Å². The molecule has 170 valence electrons. The molecule has 4 rings (SSSR count). The molecule has 2 aromatic heterocycles. The quantitative estimate of drug-likeness (QED) is 0.572. The van der Waals surface area contributed by atoms with E-state index in [1.165, 1.54) is 6.92 Å². The van der Waals surface area contributed by atoms with Gasteiger partial charge in [0, 0.05) is 38.3 Å². The lowest BCUT2D eigenvalue weighted by Gasteiger charge is -2.29. The zero-order valence-corrected chi connectivity index (χ0v) is 18.8. The second kappa shape index (κ2) is 9.99. The molecule has 1 aromatic carbocycles. The summed E-state index contributed by atoms with van der Waals surface area (Å²) in [4.78, 5) is 20.0. The van der Waals surface area contributed by atoms with Crippen LogP contribution < -0.4 is 14.8 Å². The molecule has 2 heterocycles. The van der Waals surface area contributed by atoms with Crippen molar-refractivity contribution < 1.29 is 19.0 Å². The number of amides is 1. The predicted molar refractivity (Wildman–Crippen MR) is 121 cm³/mol. The molecule has 8 nitrogen and oxygen atoms in total. The van der Waals surface area contributed by atoms with Crippen molar-refractivity contribution in [2.24, 2.45) is 7.05 Å². The first-order valence-corrected chi connectivity index (χ1v) is 11.1. The summed E-state index contributed by atoms with van der Waals surface area (Å²) in [7, 11) is 1.95. The number of nitrogens with one attached hydrogen (secondary N) is 1. The molecule has 1 aliphatic rings. The molecular formula is C24H30N4O4. The van der Waals surface area contributed by atoms with Gasteiger partial charge >= 0.3 is 0 Å². The fraction of sp³-hybridized carbons (Fsp3) is 0.458. The molecule has 1 saturated carbocycles. The minimum atomic E-state index is -0.0314.